The van der Waals surface area contributed by atoms with Crippen molar-refractivity contribution in [2.45, 2.75) is 17.0 Å². The first-order valence-corrected chi connectivity index (χ1v) is 8.73. The number of benzene rings is 1. The number of ether oxygens (including phenoxy) is 2. The Labute approximate surface area is 146 Å². The molecule has 1 aromatic carbocycles. The summed E-state index contributed by atoms with van der Waals surface area (Å²) in [6, 6.07) is 3.26. The molecular formula is C11H8Br2F2O7S. The zero-order valence-corrected chi connectivity index (χ0v) is 15.1. The van der Waals surface area contributed by atoms with E-state index < -0.39 is 37.9 Å². The van der Waals surface area contributed by atoms with Crippen molar-refractivity contribution >= 4 is 53.9 Å². The van der Waals surface area contributed by atoms with Gasteiger partial charge in [0.1, 0.15) is 16.3 Å². The largest absolute Gasteiger partial charge is 0.466 e. The fourth-order valence-corrected chi connectivity index (χ4v) is 1.87. The molecule has 0 heterocycles. The molecule has 0 radical (unpaired) electrons. The Balaban J connectivity index is 2.96. The Morgan fingerprint density at radius 2 is 1.87 bits per heavy atom. The van der Waals surface area contributed by atoms with Crippen LogP contribution in [-0.2, 0) is 19.7 Å². The highest BCUT2D eigenvalue weighted by atomic mass is 79.9. The van der Waals surface area contributed by atoms with Crippen molar-refractivity contribution in [3.8, 4) is 11.5 Å². The van der Waals surface area contributed by atoms with Gasteiger partial charge in [-0.3, -0.25) is 9.35 Å². The first-order valence-electron chi connectivity index (χ1n) is 5.58. The highest BCUT2D eigenvalue weighted by molar-refractivity contribution is 9.10. The summed E-state index contributed by atoms with van der Waals surface area (Å²) in [5.41, 5.74) is 0. The van der Waals surface area contributed by atoms with Gasteiger partial charge in [-0.05, 0) is 41.1 Å². The first-order chi connectivity index (χ1) is 10.4. The van der Waals surface area contributed by atoms with Crippen LogP contribution in [0.3, 0.4) is 0 Å². The molecular weight excluding hydrogens is 474 g/mol. The molecule has 23 heavy (non-hydrogen) atoms. The summed E-state index contributed by atoms with van der Waals surface area (Å²) >= 11 is 5.87. The summed E-state index contributed by atoms with van der Waals surface area (Å²) in [5.74, 6) is -3.56. The van der Waals surface area contributed by atoms with Gasteiger partial charge in [-0.1, -0.05) is 15.9 Å². The van der Waals surface area contributed by atoms with Gasteiger partial charge in [0.2, 0.25) is 0 Å². The molecule has 128 valence electrons. The number of carbonyl (C=O) groups is 2. The van der Waals surface area contributed by atoms with Crippen molar-refractivity contribution in [2.24, 2.45) is 0 Å². The molecule has 1 unspecified atom stereocenters. The second kappa shape index (κ2) is 7.20. The first kappa shape index (κ1) is 19.9. The molecule has 1 N–H and O–H groups in total. The van der Waals surface area contributed by atoms with Crippen molar-refractivity contribution in [3.05, 3.63) is 22.7 Å². The van der Waals surface area contributed by atoms with Gasteiger partial charge in [0.15, 0.2) is 0 Å². The highest BCUT2D eigenvalue weighted by Crippen LogP contribution is 2.32. The smallest absolute Gasteiger partial charge is 0.426 e. The summed E-state index contributed by atoms with van der Waals surface area (Å²) in [7, 11) is -5.97. The molecule has 0 fully saturated rings. The SMILES string of the molecule is CC(Br)C(=O)Oc1ccc(OC(=O)C(F)(F)S(=O)(=O)O)c(Br)c1. The lowest BCUT2D eigenvalue weighted by molar-refractivity contribution is -0.151. The quantitative estimate of drug-likeness (QED) is 0.298. The Morgan fingerprint density at radius 1 is 1.30 bits per heavy atom. The number of rotatable bonds is 5. The molecule has 1 aromatic rings. The van der Waals surface area contributed by atoms with Crippen LogP contribution in [0.1, 0.15) is 6.92 Å². The fourth-order valence-electron chi connectivity index (χ4n) is 1.09. The Morgan fingerprint density at radius 3 is 2.30 bits per heavy atom. The Kier molecular flexibility index (Phi) is 6.24. The van der Waals surface area contributed by atoms with E-state index in [-0.39, 0.29) is 10.2 Å². The lowest BCUT2D eigenvalue weighted by Gasteiger charge is -2.13. The lowest BCUT2D eigenvalue weighted by atomic mass is 10.3. The molecule has 0 amide bonds. The Hall–Kier alpha value is -1.11. The van der Waals surface area contributed by atoms with Crippen molar-refractivity contribution in [1.82, 2.24) is 0 Å². The second-order valence-electron chi connectivity index (χ2n) is 4.01. The molecule has 0 aliphatic carbocycles. The summed E-state index contributed by atoms with van der Waals surface area (Å²) < 4.78 is 64.4. The predicted molar refractivity (Wildman–Crippen MR) is 80.3 cm³/mol. The molecule has 7 nitrogen and oxygen atoms in total. The van der Waals surface area contributed by atoms with Gasteiger partial charge in [-0.25, -0.2) is 4.79 Å². The summed E-state index contributed by atoms with van der Waals surface area (Å²) in [5, 5.41) is -5.12. The maximum absolute atomic E-state index is 13.1. The monoisotopic (exact) mass is 480 g/mol. The fraction of sp³-hybridized carbons (Fsp3) is 0.273. The molecule has 1 atom stereocenters. The minimum atomic E-state index is -5.97. The van der Waals surface area contributed by atoms with Crippen LogP contribution in [-0.4, -0.2) is 35.0 Å². The van der Waals surface area contributed by atoms with Crippen LogP contribution in [0.2, 0.25) is 0 Å². The zero-order valence-electron chi connectivity index (χ0n) is 11.1. The third kappa shape index (κ3) is 4.93. The van der Waals surface area contributed by atoms with Gasteiger partial charge >= 0.3 is 27.3 Å². The number of carbonyl (C=O) groups excluding carboxylic acids is 2. The Bertz CT molecular complexity index is 734. The topological polar surface area (TPSA) is 107 Å². The zero-order chi connectivity index (χ0) is 18.0. The average molecular weight is 482 g/mol. The van der Waals surface area contributed by atoms with Crippen LogP contribution in [0.5, 0.6) is 11.5 Å². The van der Waals surface area contributed by atoms with Gasteiger partial charge in [-0.2, -0.15) is 17.2 Å². The summed E-state index contributed by atoms with van der Waals surface area (Å²) in [6.45, 7) is 1.52. The number of hydrogen-bond acceptors (Lipinski definition) is 6. The molecule has 0 saturated carbocycles. The van der Waals surface area contributed by atoms with Crippen LogP contribution in [0.15, 0.2) is 22.7 Å². The lowest BCUT2D eigenvalue weighted by Crippen LogP contribution is -2.40. The maximum atomic E-state index is 13.1. The minimum Gasteiger partial charge on any atom is -0.426 e. The van der Waals surface area contributed by atoms with Crippen LogP contribution in [0.25, 0.3) is 0 Å². The van der Waals surface area contributed by atoms with Crippen molar-refractivity contribution in [2.75, 3.05) is 0 Å². The number of hydrogen-bond donors (Lipinski definition) is 1. The summed E-state index contributed by atoms with van der Waals surface area (Å²) in [6.07, 6.45) is 0. The molecule has 0 aromatic heterocycles. The third-order valence-corrected chi connectivity index (χ3v) is 4.02. The third-order valence-electron chi connectivity index (χ3n) is 2.21. The van der Waals surface area contributed by atoms with Crippen molar-refractivity contribution in [3.63, 3.8) is 0 Å². The van der Waals surface area contributed by atoms with Crippen LogP contribution >= 0.6 is 31.9 Å². The molecule has 0 saturated heterocycles. The van der Waals surface area contributed by atoms with E-state index in [2.05, 4.69) is 36.6 Å². The number of halogens is 4. The van der Waals surface area contributed by atoms with Gasteiger partial charge in [-0.15, -0.1) is 0 Å². The molecule has 0 bridgehead atoms. The maximum Gasteiger partial charge on any atom is 0.466 e. The standard InChI is InChI=1S/C11H8Br2F2O7S/c1-5(12)9(16)21-6-2-3-8(7(13)4-6)22-10(17)11(14,15)23(18,19)20/h2-5H,1H3,(H,18,19,20). The van der Waals surface area contributed by atoms with E-state index in [0.29, 0.717) is 0 Å². The van der Waals surface area contributed by atoms with Crippen molar-refractivity contribution in [1.29, 1.82) is 0 Å². The van der Waals surface area contributed by atoms with Crippen LogP contribution in [0, 0.1) is 0 Å². The predicted octanol–water partition coefficient (Wildman–Crippen LogP) is 2.52. The van der Waals surface area contributed by atoms with Gasteiger partial charge < -0.3 is 9.47 Å². The second-order valence-corrected chi connectivity index (χ2v) is 7.70. The van der Waals surface area contributed by atoms with Crippen LogP contribution in [0.4, 0.5) is 8.78 Å². The minimum absolute atomic E-state index is 0.0227. The van der Waals surface area contributed by atoms with Gasteiger partial charge in [0.05, 0.1) is 4.47 Å². The normalized spacial score (nSPS) is 13.3. The molecule has 0 aliphatic rings. The van der Waals surface area contributed by atoms with Gasteiger partial charge in [0.25, 0.3) is 0 Å². The molecule has 0 aliphatic heterocycles. The highest BCUT2D eigenvalue weighted by Gasteiger charge is 2.54. The van der Waals surface area contributed by atoms with E-state index in [4.69, 9.17) is 9.29 Å². The average Bonchev–Trinajstić information content (AvgIpc) is 2.40. The van der Waals surface area contributed by atoms with Gasteiger partial charge in [0, 0.05) is 0 Å². The molecule has 12 heteroatoms. The number of esters is 2. The van der Waals surface area contributed by atoms with E-state index in [9.17, 15) is 26.8 Å². The van der Waals surface area contributed by atoms with E-state index >= 15 is 0 Å². The number of alkyl halides is 3. The van der Waals surface area contributed by atoms with E-state index in [1.54, 1.807) is 0 Å². The molecule has 0 spiro atoms. The van der Waals surface area contributed by atoms with E-state index in [1.807, 2.05) is 0 Å². The van der Waals surface area contributed by atoms with E-state index in [1.165, 1.54) is 6.92 Å². The molecule has 1 rings (SSSR count). The van der Waals surface area contributed by atoms with Crippen molar-refractivity contribution < 1.29 is 40.8 Å². The van der Waals surface area contributed by atoms with E-state index in [0.717, 1.165) is 18.2 Å². The van der Waals surface area contributed by atoms with Crippen LogP contribution < -0.4 is 9.47 Å². The summed E-state index contributed by atoms with van der Waals surface area (Å²) in [4.78, 5) is 21.9.